The molecule has 2 rings (SSSR count). The van der Waals surface area contributed by atoms with Gasteiger partial charge in [0.1, 0.15) is 10.9 Å². The van der Waals surface area contributed by atoms with Crippen molar-refractivity contribution < 1.29 is 14.3 Å². The highest BCUT2D eigenvalue weighted by Crippen LogP contribution is 2.31. The van der Waals surface area contributed by atoms with Crippen molar-refractivity contribution in [2.45, 2.75) is 18.4 Å². The average molecular weight is 300 g/mol. The number of methoxy groups -OCH3 is 1. The van der Waals surface area contributed by atoms with Gasteiger partial charge in [0, 0.05) is 13.7 Å². The van der Waals surface area contributed by atoms with E-state index < -0.39 is 5.41 Å². The SMILES string of the molecule is COCc1cc(Br)nc(C2(C=O)CCOC2)c1. The van der Waals surface area contributed by atoms with E-state index in [2.05, 4.69) is 20.9 Å². The molecule has 5 heteroatoms. The number of pyridine rings is 1. The summed E-state index contributed by atoms with van der Waals surface area (Å²) in [4.78, 5) is 15.7. The number of aromatic nitrogens is 1. The minimum Gasteiger partial charge on any atom is -0.380 e. The molecule has 1 aromatic heterocycles. The highest BCUT2D eigenvalue weighted by Gasteiger charge is 2.38. The lowest BCUT2D eigenvalue weighted by Crippen LogP contribution is -2.29. The topological polar surface area (TPSA) is 48.4 Å². The Balaban J connectivity index is 2.39. The number of nitrogens with zero attached hydrogens (tertiary/aromatic N) is 1. The Hall–Kier alpha value is -0.780. The lowest BCUT2D eigenvalue weighted by Gasteiger charge is -2.20. The summed E-state index contributed by atoms with van der Waals surface area (Å²) in [6.07, 6.45) is 1.64. The molecular formula is C12H14BrNO3. The van der Waals surface area contributed by atoms with E-state index in [1.54, 1.807) is 7.11 Å². The maximum atomic E-state index is 11.3. The molecule has 0 spiro atoms. The normalized spacial score (nSPS) is 23.9. The number of carbonyl (C=O) groups is 1. The van der Waals surface area contributed by atoms with Gasteiger partial charge in [0.05, 0.1) is 24.3 Å². The monoisotopic (exact) mass is 299 g/mol. The van der Waals surface area contributed by atoms with E-state index in [9.17, 15) is 4.79 Å². The summed E-state index contributed by atoms with van der Waals surface area (Å²) >= 11 is 3.36. The number of ether oxygens (including phenoxy) is 2. The molecule has 1 saturated heterocycles. The van der Waals surface area contributed by atoms with Crippen LogP contribution in [0.2, 0.25) is 0 Å². The van der Waals surface area contributed by atoms with Crippen LogP contribution >= 0.6 is 15.9 Å². The number of hydrogen-bond donors (Lipinski definition) is 0. The minimum absolute atomic E-state index is 0.409. The lowest BCUT2D eigenvalue weighted by atomic mass is 9.84. The smallest absolute Gasteiger partial charge is 0.134 e. The van der Waals surface area contributed by atoms with Gasteiger partial charge in [0.25, 0.3) is 0 Å². The van der Waals surface area contributed by atoms with Gasteiger partial charge in [-0.3, -0.25) is 0 Å². The summed E-state index contributed by atoms with van der Waals surface area (Å²) in [5, 5.41) is 0. The number of carbonyl (C=O) groups excluding carboxylic acids is 1. The quantitative estimate of drug-likeness (QED) is 0.629. The molecule has 0 aliphatic carbocycles. The van der Waals surface area contributed by atoms with Crippen LogP contribution in [-0.2, 0) is 26.3 Å². The van der Waals surface area contributed by atoms with Gasteiger partial charge >= 0.3 is 0 Å². The maximum Gasteiger partial charge on any atom is 0.134 e. The standard InChI is InChI=1S/C12H14BrNO3/c1-16-6-9-4-10(14-11(13)5-9)12(7-15)2-3-17-8-12/h4-5,7H,2-3,6,8H2,1H3. The first-order chi connectivity index (χ1) is 8.20. The number of hydrogen-bond acceptors (Lipinski definition) is 4. The second-order valence-corrected chi connectivity index (χ2v) is 5.01. The first-order valence-corrected chi connectivity index (χ1v) is 6.19. The van der Waals surface area contributed by atoms with Gasteiger partial charge in [0.2, 0.25) is 0 Å². The van der Waals surface area contributed by atoms with Crippen LogP contribution in [0.5, 0.6) is 0 Å². The molecule has 0 radical (unpaired) electrons. The Morgan fingerprint density at radius 1 is 1.65 bits per heavy atom. The predicted octanol–water partition coefficient (Wildman–Crippen LogP) is 1.85. The molecule has 1 unspecified atom stereocenters. The zero-order valence-corrected chi connectivity index (χ0v) is 11.2. The summed E-state index contributed by atoms with van der Waals surface area (Å²) in [5.74, 6) is 0. The molecule has 92 valence electrons. The highest BCUT2D eigenvalue weighted by atomic mass is 79.9. The van der Waals surface area contributed by atoms with Crippen LogP contribution in [0.15, 0.2) is 16.7 Å². The van der Waals surface area contributed by atoms with Gasteiger partial charge in [-0.05, 0) is 40.0 Å². The van der Waals surface area contributed by atoms with E-state index in [1.165, 1.54) is 0 Å². The number of halogens is 1. The van der Waals surface area contributed by atoms with Crippen molar-refractivity contribution in [3.63, 3.8) is 0 Å². The molecule has 0 aromatic carbocycles. The van der Waals surface area contributed by atoms with Gasteiger partial charge in [-0.15, -0.1) is 0 Å². The van der Waals surface area contributed by atoms with Gasteiger partial charge in [-0.25, -0.2) is 4.98 Å². The summed E-state index contributed by atoms with van der Waals surface area (Å²) in [6.45, 7) is 1.52. The third-order valence-corrected chi connectivity index (χ3v) is 3.36. The molecule has 1 atom stereocenters. The number of rotatable bonds is 4. The average Bonchev–Trinajstić information content (AvgIpc) is 2.78. The second kappa shape index (κ2) is 5.25. The highest BCUT2D eigenvalue weighted by molar-refractivity contribution is 9.10. The molecule has 0 N–H and O–H groups in total. The Labute approximate surface area is 108 Å². The molecule has 0 amide bonds. The Kier molecular flexibility index (Phi) is 3.91. The van der Waals surface area contributed by atoms with Crippen molar-refractivity contribution in [2.24, 2.45) is 0 Å². The van der Waals surface area contributed by atoms with Gasteiger partial charge in [0.15, 0.2) is 0 Å². The van der Waals surface area contributed by atoms with Crippen LogP contribution in [0.1, 0.15) is 17.7 Å². The molecule has 1 fully saturated rings. The molecule has 2 heterocycles. The van der Waals surface area contributed by atoms with Gasteiger partial charge in [-0.2, -0.15) is 0 Å². The van der Waals surface area contributed by atoms with Crippen molar-refractivity contribution in [2.75, 3.05) is 20.3 Å². The molecule has 1 aliphatic rings. The van der Waals surface area contributed by atoms with Crippen molar-refractivity contribution in [1.29, 1.82) is 0 Å². The van der Waals surface area contributed by atoms with Crippen LogP contribution in [0.4, 0.5) is 0 Å². The Morgan fingerprint density at radius 2 is 2.47 bits per heavy atom. The Bertz CT molecular complexity index is 416. The lowest BCUT2D eigenvalue weighted by molar-refractivity contribution is -0.112. The van der Waals surface area contributed by atoms with Crippen molar-refractivity contribution in [3.05, 3.63) is 28.0 Å². The minimum atomic E-state index is -0.591. The molecule has 1 aromatic rings. The molecule has 0 bridgehead atoms. The van der Waals surface area contributed by atoms with Crippen LogP contribution in [0.25, 0.3) is 0 Å². The largest absolute Gasteiger partial charge is 0.380 e. The first-order valence-electron chi connectivity index (χ1n) is 5.40. The van der Waals surface area contributed by atoms with E-state index >= 15 is 0 Å². The van der Waals surface area contributed by atoms with Crippen molar-refractivity contribution in [1.82, 2.24) is 4.98 Å². The van der Waals surface area contributed by atoms with E-state index in [0.717, 1.165) is 22.1 Å². The van der Waals surface area contributed by atoms with Crippen LogP contribution in [-0.4, -0.2) is 31.6 Å². The fourth-order valence-electron chi connectivity index (χ4n) is 1.99. The molecule has 0 saturated carbocycles. The molecule has 4 nitrogen and oxygen atoms in total. The predicted molar refractivity (Wildman–Crippen MR) is 65.8 cm³/mol. The number of aldehydes is 1. The third-order valence-electron chi connectivity index (χ3n) is 2.95. The zero-order valence-electron chi connectivity index (χ0n) is 9.61. The van der Waals surface area contributed by atoms with E-state index in [4.69, 9.17) is 9.47 Å². The molecular weight excluding hydrogens is 286 g/mol. The summed E-state index contributed by atoms with van der Waals surface area (Å²) < 4.78 is 11.1. The van der Waals surface area contributed by atoms with E-state index in [0.29, 0.717) is 26.2 Å². The van der Waals surface area contributed by atoms with Crippen LogP contribution in [0, 0.1) is 0 Å². The first kappa shape index (κ1) is 12.7. The summed E-state index contributed by atoms with van der Waals surface area (Å²) in [5.41, 5.74) is 1.16. The van der Waals surface area contributed by atoms with Gasteiger partial charge in [-0.1, -0.05) is 0 Å². The maximum absolute atomic E-state index is 11.3. The van der Waals surface area contributed by atoms with E-state index in [-0.39, 0.29) is 0 Å². The third kappa shape index (κ3) is 2.56. The van der Waals surface area contributed by atoms with E-state index in [1.807, 2.05) is 12.1 Å². The second-order valence-electron chi connectivity index (χ2n) is 4.19. The van der Waals surface area contributed by atoms with Crippen molar-refractivity contribution in [3.8, 4) is 0 Å². The molecule has 17 heavy (non-hydrogen) atoms. The summed E-state index contributed by atoms with van der Waals surface area (Å²) in [6, 6.07) is 3.80. The fraction of sp³-hybridized carbons (Fsp3) is 0.500. The van der Waals surface area contributed by atoms with Gasteiger partial charge < -0.3 is 14.3 Å². The fourth-order valence-corrected chi connectivity index (χ4v) is 2.48. The molecule has 1 aliphatic heterocycles. The van der Waals surface area contributed by atoms with Crippen LogP contribution in [0.3, 0.4) is 0 Å². The summed E-state index contributed by atoms with van der Waals surface area (Å²) in [7, 11) is 1.64. The van der Waals surface area contributed by atoms with Crippen LogP contribution < -0.4 is 0 Å². The zero-order chi connectivity index (χ0) is 12.3. The Morgan fingerprint density at radius 3 is 3.06 bits per heavy atom. The van der Waals surface area contributed by atoms with Crippen molar-refractivity contribution >= 4 is 22.2 Å².